The van der Waals surface area contributed by atoms with Crippen LogP contribution in [0.25, 0.3) is 0 Å². The first-order valence-electron chi connectivity index (χ1n) is 6.32. The van der Waals surface area contributed by atoms with Crippen LogP contribution in [0.3, 0.4) is 0 Å². The maximum absolute atomic E-state index is 11.4. The van der Waals surface area contributed by atoms with Gasteiger partial charge in [0.15, 0.2) is 0 Å². The SMILES string of the molecule is Cn1c(=O)cc(NCCC2CCCCO2)[nH]c1=O. The van der Waals surface area contributed by atoms with Gasteiger partial charge in [0.1, 0.15) is 5.82 Å². The average Bonchev–Trinajstić information content (AvgIpc) is 2.37. The van der Waals surface area contributed by atoms with E-state index in [4.69, 9.17) is 4.74 Å². The Labute approximate surface area is 105 Å². The number of H-pyrrole nitrogens is 1. The Morgan fingerprint density at radius 3 is 3.00 bits per heavy atom. The third kappa shape index (κ3) is 3.22. The number of aromatic nitrogens is 2. The molecule has 0 spiro atoms. The maximum atomic E-state index is 11.4. The first-order chi connectivity index (χ1) is 8.66. The number of nitrogens with zero attached hydrogens (tertiary/aromatic N) is 1. The molecule has 2 rings (SSSR count). The lowest BCUT2D eigenvalue weighted by Crippen LogP contribution is -2.33. The van der Waals surface area contributed by atoms with E-state index in [1.807, 2.05) is 0 Å². The molecule has 1 aliphatic rings. The lowest BCUT2D eigenvalue weighted by atomic mass is 10.1. The van der Waals surface area contributed by atoms with E-state index in [0.717, 1.165) is 30.4 Å². The fourth-order valence-corrected chi connectivity index (χ4v) is 2.05. The topological polar surface area (TPSA) is 76.1 Å². The lowest BCUT2D eigenvalue weighted by Gasteiger charge is -2.22. The molecule has 1 aliphatic heterocycles. The number of aromatic amines is 1. The van der Waals surface area contributed by atoms with Gasteiger partial charge in [0, 0.05) is 26.3 Å². The van der Waals surface area contributed by atoms with Crippen molar-refractivity contribution in [1.29, 1.82) is 0 Å². The third-order valence-corrected chi connectivity index (χ3v) is 3.20. The van der Waals surface area contributed by atoms with Gasteiger partial charge in [0.25, 0.3) is 5.56 Å². The van der Waals surface area contributed by atoms with Crippen molar-refractivity contribution in [1.82, 2.24) is 9.55 Å². The highest BCUT2D eigenvalue weighted by atomic mass is 16.5. The minimum absolute atomic E-state index is 0.296. The van der Waals surface area contributed by atoms with Gasteiger partial charge >= 0.3 is 5.69 Å². The molecule has 0 aromatic carbocycles. The number of nitrogens with one attached hydrogen (secondary N) is 2. The second kappa shape index (κ2) is 5.86. The van der Waals surface area contributed by atoms with Crippen LogP contribution in [0.4, 0.5) is 5.82 Å². The number of ether oxygens (including phenoxy) is 1. The highest BCUT2D eigenvalue weighted by molar-refractivity contribution is 5.31. The van der Waals surface area contributed by atoms with Gasteiger partial charge < -0.3 is 10.1 Å². The molecule has 2 N–H and O–H groups in total. The highest BCUT2D eigenvalue weighted by Gasteiger charge is 2.13. The zero-order valence-corrected chi connectivity index (χ0v) is 10.6. The minimum Gasteiger partial charge on any atom is -0.378 e. The molecule has 2 heterocycles. The largest absolute Gasteiger partial charge is 0.378 e. The molecule has 1 aromatic rings. The Morgan fingerprint density at radius 1 is 1.50 bits per heavy atom. The summed E-state index contributed by atoms with van der Waals surface area (Å²) in [6.45, 7) is 1.53. The molecule has 0 amide bonds. The molecule has 18 heavy (non-hydrogen) atoms. The zero-order valence-electron chi connectivity index (χ0n) is 10.6. The van der Waals surface area contributed by atoms with Gasteiger partial charge in [-0.25, -0.2) is 4.79 Å². The van der Waals surface area contributed by atoms with E-state index in [1.54, 1.807) is 0 Å². The Hall–Kier alpha value is -1.56. The number of anilines is 1. The third-order valence-electron chi connectivity index (χ3n) is 3.20. The average molecular weight is 253 g/mol. The van der Waals surface area contributed by atoms with Gasteiger partial charge in [-0.1, -0.05) is 0 Å². The second-order valence-electron chi connectivity index (χ2n) is 4.59. The van der Waals surface area contributed by atoms with Crippen LogP contribution in [0.1, 0.15) is 25.7 Å². The highest BCUT2D eigenvalue weighted by Crippen LogP contribution is 2.15. The van der Waals surface area contributed by atoms with Crippen LogP contribution in [0.2, 0.25) is 0 Å². The van der Waals surface area contributed by atoms with Crippen molar-refractivity contribution in [3.8, 4) is 0 Å². The van der Waals surface area contributed by atoms with Crippen molar-refractivity contribution in [3.05, 3.63) is 26.9 Å². The standard InChI is InChI=1S/C12H19N3O3/c1-15-11(16)8-10(14-12(15)17)13-6-5-9-4-2-3-7-18-9/h8-9,13H,2-7H2,1H3,(H,14,17). The number of hydrogen-bond donors (Lipinski definition) is 2. The molecule has 0 saturated carbocycles. The van der Waals surface area contributed by atoms with E-state index in [0.29, 0.717) is 18.5 Å². The molecule has 0 bridgehead atoms. The number of hydrogen-bond acceptors (Lipinski definition) is 4. The van der Waals surface area contributed by atoms with Crippen molar-refractivity contribution >= 4 is 5.82 Å². The molecule has 0 aliphatic carbocycles. The summed E-state index contributed by atoms with van der Waals surface area (Å²) >= 11 is 0. The Kier molecular flexibility index (Phi) is 4.19. The van der Waals surface area contributed by atoms with Gasteiger partial charge in [-0.2, -0.15) is 0 Å². The Morgan fingerprint density at radius 2 is 2.33 bits per heavy atom. The molecule has 6 nitrogen and oxygen atoms in total. The monoisotopic (exact) mass is 253 g/mol. The van der Waals surface area contributed by atoms with Crippen molar-refractivity contribution < 1.29 is 4.74 Å². The molecular weight excluding hydrogens is 234 g/mol. The van der Waals surface area contributed by atoms with Crippen LogP contribution in [0.5, 0.6) is 0 Å². The molecule has 1 fully saturated rings. The van der Waals surface area contributed by atoms with E-state index in [9.17, 15) is 9.59 Å². The van der Waals surface area contributed by atoms with Gasteiger partial charge in [-0.15, -0.1) is 0 Å². The molecule has 1 atom stereocenters. The smallest absolute Gasteiger partial charge is 0.329 e. The zero-order chi connectivity index (χ0) is 13.0. The van der Waals surface area contributed by atoms with Gasteiger partial charge in [-0.3, -0.25) is 14.3 Å². The van der Waals surface area contributed by atoms with Crippen LogP contribution < -0.4 is 16.6 Å². The maximum Gasteiger partial charge on any atom is 0.329 e. The van der Waals surface area contributed by atoms with E-state index in [2.05, 4.69) is 10.3 Å². The van der Waals surface area contributed by atoms with E-state index in [-0.39, 0.29) is 5.56 Å². The van der Waals surface area contributed by atoms with Crippen LogP contribution in [-0.2, 0) is 11.8 Å². The summed E-state index contributed by atoms with van der Waals surface area (Å²) in [5.74, 6) is 0.471. The van der Waals surface area contributed by atoms with Crippen LogP contribution in [0, 0.1) is 0 Å². The van der Waals surface area contributed by atoms with Crippen molar-refractivity contribution in [2.75, 3.05) is 18.5 Å². The summed E-state index contributed by atoms with van der Waals surface area (Å²) in [6.07, 6.45) is 4.63. The molecule has 100 valence electrons. The molecular formula is C12H19N3O3. The predicted octanol–water partition coefficient (Wildman–Crippen LogP) is 0.445. The van der Waals surface area contributed by atoms with Crippen molar-refractivity contribution in [2.24, 2.45) is 7.05 Å². The normalized spacial score (nSPS) is 19.7. The van der Waals surface area contributed by atoms with E-state index < -0.39 is 5.69 Å². The summed E-state index contributed by atoms with van der Waals surface area (Å²) in [7, 11) is 1.45. The van der Waals surface area contributed by atoms with Gasteiger partial charge in [-0.05, 0) is 25.7 Å². The second-order valence-corrected chi connectivity index (χ2v) is 4.59. The molecule has 1 aromatic heterocycles. The lowest BCUT2D eigenvalue weighted by molar-refractivity contribution is 0.0134. The summed E-state index contributed by atoms with van der Waals surface area (Å²) in [6, 6.07) is 1.39. The molecule has 1 saturated heterocycles. The van der Waals surface area contributed by atoms with Crippen molar-refractivity contribution in [3.63, 3.8) is 0 Å². The minimum atomic E-state index is -0.404. The van der Waals surface area contributed by atoms with E-state index >= 15 is 0 Å². The summed E-state index contributed by atoms with van der Waals surface area (Å²) in [5.41, 5.74) is -0.714. The van der Waals surface area contributed by atoms with Crippen molar-refractivity contribution in [2.45, 2.75) is 31.8 Å². The van der Waals surface area contributed by atoms with Crippen LogP contribution in [0.15, 0.2) is 15.7 Å². The summed E-state index contributed by atoms with van der Waals surface area (Å²) in [4.78, 5) is 25.4. The number of rotatable bonds is 4. The summed E-state index contributed by atoms with van der Waals surface area (Å²) in [5, 5.41) is 3.05. The Balaban J connectivity index is 1.86. The molecule has 0 radical (unpaired) electrons. The predicted molar refractivity (Wildman–Crippen MR) is 69.0 cm³/mol. The first kappa shape index (κ1) is 12.9. The fourth-order valence-electron chi connectivity index (χ4n) is 2.05. The fraction of sp³-hybridized carbons (Fsp3) is 0.667. The Bertz CT molecular complexity index is 469. The van der Waals surface area contributed by atoms with Gasteiger partial charge in [0.05, 0.1) is 6.10 Å². The van der Waals surface area contributed by atoms with E-state index in [1.165, 1.54) is 19.5 Å². The molecule has 6 heteroatoms. The summed E-state index contributed by atoms with van der Waals surface area (Å²) < 4.78 is 6.64. The molecule has 1 unspecified atom stereocenters. The first-order valence-corrected chi connectivity index (χ1v) is 6.32. The van der Waals surface area contributed by atoms with Crippen LogP contribution in [-0.4, -0.2) is 28.8 Å². The quantitative estimate of drug-likeness (QED) is 0.816. The van der Waals surface area contributed by atoms with Crippen LogP contribution >= 0.6 is 0 Å². The van der Waals surface area contributed by atoms with Gasteiger partial charge in [0.2, 0.25) is 0 Å².